The number of hydrogen-bond acceptors (Lipinski definition) is 7. The number of likely N-dealkylation sites (tertiary alicyclic amines) is 2. The van der Waals surface area contributed by atoms with Crippen molar-refractivity contribution in [1.29, 1.82) is 0 Å². The van der Waals surface area contributed by atoms with Gasteiger partial charge >= 0.3 is 12.2 Å². The van der Waals surface area contributed by atoms with Crippen LogP contribution >= 0.6 is 0 Å². The highest BCUT2D eigenvalue weighted by atomic mass is 16.5. The number of carbonyl (C=O) groups is 4. The second kappa shape index (κ2) is 14.3. The highest BCUT2D eigenvalue weighted by molar-refractivity contribution is 6.04. The van der Waals surface area contributed by atoms with E-state index in [2.05, 4.69) is 57.7 Å². The largest absolute Gasteiger partial charge is 0.465 e. The van der Waals surface area contributed by atoms with Gasteiger partial charge in [0.25, 0.3) is 0 Å². The van der Waals surface area contributed by atoms with E-state index in [0.717, 1.165) is 87.9 Å². The molecule has 3 aromatic carbocycles. The first-order valence-corrected chi connectivity index (χ1v) is 20.7. The van der Waals surface area contributed by atoms with Crippen molar-refractivity contribution >= 4 is 56.8 Å². The number of aromatic amines is 2. The molecule has 2 saturated heterocycles. The molecule has 2 aliphatic heterocycles. The van der Waals surface area contributed by atoms with Gasteiger partial charge in [0.1, 0.15) is 23.7 Å². The predicted octanol–water partition coefficient (Wildman–Crippen LogP) is 6.72. The predicted molar refractivity (Wildman–Crippen MR) is 218 cm³/mol. The zero-order chi connectivity index (χ0) is 40.7. The summed E-state index contributed by atoms with van der Waals surface area (Å²) in [5.41, 5.74) is 5.98. The average molecular weight is 789 g/mol. The van der Waals surface area contributed by atoms with Gasteiger partial charge in [0, 0.05) is 24.5 Å². The molecule has 0 bridgehead atoms. The molecule has 4 heterocycles. The molecule has 4 aliphatic rings. The Balaban J connectivity index is 0.902. The van der Waals surface area contributed by atoms with E-state index in [1.807, 2.05) is 43.6 Å². The summed E-state index contributed by atoms with van der Waals surface area (Å²) in [6, 6.07) is 15.5. The number of alkyl carbamates (subject to hydrolysis) is 1. The molecule has 4 N–H and O–H groups in total. The molecule has 0 unspecified atom stereocenters. The van der Waals surface area contributed by atoms with Crippen molar-refractivity contribution in [2.24, 2.45) is 23.7 Å². The summed E-state index contributed by atoms with van der Waals surface area (Å²) in [5.74, 6) is 1.91. The summed E-state index contributed by atoms with van der Waals surface area (Å²) < 4.78 is 4.81. The van der Waals surface area contributed by atoms with Gasteiger partial charge in [0.2, 0.25) is 11.8 Å². The molecule has 5 aromatic rings. The summed E-state index contributed by atoms with van der Waals surface area (Å²) in [7, 11) is 2.78. The summed E-state index contributed by atoms with van der Waals surface area (Å²) in [6.07, 6.45) is 3.56. The highest BCUT2D eigenvalue weighted by Gasteiger charge is 2.57. The van der Waals surface area contributed by atoms with Crippen molar-refractivity contribution in [3.8, 4) is 0 Å². The number of carbonyl (C=O) groups excluding carboxylic acids is 3. The third-order valence-electron chi connectivity index (χ3n) is 13.2. The van der Waals surface area contributed by atoms with E-state index in [-0.39, 0.29) is 47.8 Å². The summed E-state index contributed by atoms with van der Waals surface area (Å²) >= 11 is 0. The number of piperidine rings is 2. The van der Waals surface area contributed by atoms with Gasteiger partial charge in [-0.25, -0.2) is 19.6 Å². The zero-order valence-electron chi connectivity index (χ0n) is 33.9. The monoisotopic (exact) mass is 788 g/mol. The minimum absolute atomic E-state index is 0.0909. The van der Waals surface area contributed by atoms with Crippen LogP contribution in [0, 0.1) is 23.7 Å². The Kier molecular flexibility index (Phi) is 9.35. The smallest absolute Gasteiger partial charge is 0.407 e. The molecular formula is C44H52N8O6. The van der Waals surface area contributed by atoms with E-state index in [9.17, 15) is 24.3 Å². The van der Waals surface area contributed by atoms with Crippen LogP contribution in [0.15, 0.2) is 48.5 Å². The van der Waals surface area contributed by atoms with Crippen LogP contribution in [0.4, 0.5) is 9.59 Å². The lowest BCUT2D eigenvalue weighted by Gasteiger charge is -2.35. The fourth-order valence-corrected chi connectivity index (χ4v) is 9.93. The van der Waals surface area contributed by atoms with Crippen LogP contribution in [0.25, 0.3) is 32.8 Å². The second-order valence-corrected chi connectivity index (χ2v) is 17.7. The fourth-order valence-electron chi connectivity index (χ4n) is 9.93. The van der Waals surface area contributed by atoms with E-state index in [1.54, 1.807) is 0 Å². The minimum Gasteiger partial charge on any atom is -0.465 e. The van der Waals surface area contributed by atoms with Crippen LogP contribution in [0.2, 0.25) is 0 Å². The zero-order valence-corrected chi connectivity index (χ0v) is 33.9. The molecule has 2 saturated carbocycles. The van der Waals surface area contributed by atoms with Crippen LogP contribution < -0.4 is 5.32 Å². The number of rotatable bonds is 11. The molecule has 4 amide bonds. The van der Waals surface area contributed by atoms with Crippen molar-refractivity contribution in [2.75, 3.05) is 14.2 Å². The molecule has 0 radical (unpaired) electrons. The Morgan fingerprint density at radius 3 is 2.07 bits per heavy atom. The number of nitrogens with one attached hydrogen (secondary N) is 3. The molecule has 58 heavy (non-hydrogen) atoms. The van der Waals surface area contributed by atoms with Crippen molar-refractivity contribution < 1.29 is 29.0 Å². The molecule has 8 atom stereocenters. The second-order valence-electron chi connectivity index (χ2n) is 17.7. The van der Waals surface area contributed by atoms with Crippen molar-refractivity contribution in [2.45, 2.75) is 102 Å². The first-order chi connectivity index (χ1) is 27.8. The number of ether oxygens (including phenoxy) is 1. The Hall–Kier alpha value is -5.66. The standard InChI is InChI=1S/C44H52N8O6/c1-21(2)36(49-43(55)58-6)41(53)51-32-17-26(32)19-34(51)39-45-29-13-10-24(16-31(29)47-39)8-7-23-9-12-28-25(15-23)11-14-30-37(28)48-40(46-30)35-20-27-18-33(27)52(35)42(54)38(22(3)4)50(5)44(56)57/h9-16,21-22,26-27,32-36,38H,7-8,17-20H2,1-6H3,(H,45,47)(H,46,48)(H,49,55)(H,56,57)/t26-,27-,32-,33-,34+,35+,36+,38+/m1/s1. The molecule has 9 rings (SSSR count). The number of amides is 4. The fraction of sp³-hybridized carbons (Fsp3) is 0.500. The van der Waals surface area contributed by atoms with Gasteiger partial charge in [0.15, 0.2) is 0 Å². The lowest BCUT2D eigenvalue weighted by Crippen LogP contribution is -2.52. The summed E-state index contributed by atoms with van der Waals surface area (Å²) in [4.78, 5) is 73.9. The Bertz CT molecular complexity index is 2460. The maximum Gasteiger partial charge on any atom is 0.407 e. The number of fused-ring (bicyclic) bond motifs is 6. The number of carboxylic acid groups (broad SMARTS) is 1. The number of benzene rings is 3. The quantitative estimate of drug-likeness (QED) is 0.114. The number of hydrogen-bond donors (Lipinski definition) is 4. The van der Waals surface area contributed by atoms with Crippen LogP contribution in [-0.2, 0) is 27.2 Å². The van der Waals surface area contributed by atoms with Crippen LogP contribution in [0.1, 0.15) is 88.2 Å². The third-order valence-corrected chi connectivity index (χ3v) is 13.2. The van der Waals surface area contributed by atoms with Gasteiger partial charge in [-0.15, -0.1) is 0 Å². The number of nitrogens with zero attached hydrogens (tertiary/aromatic N) is 5. The number of H-pyrrole nitrogens is 2. The molecule has 4 fully saturated rings. The van der Waals surface area contributed by atoms with Crippen molar-refractivity contribution in [1.82, 2.24) is 40.0 Å². The average Bonchev–Trinajstić information content (AvgIpc) is 3.85. The number of aromatic nitrogens is 4. The van der Waals surface area contributed by atoms with Gasteiger partial charge in [-0.05, 0) is 96.9 Å². The van der Waals surface area contributed by atoms with Gasteiger partial charge in [-0.2, -0.15) is 0 Å². The summed E-state index contributed by atoms with van der Waals surface area (Å²) in [5, 5.41) is 14.6. The summed E-state index contributed by atoms with van der Waals surface area (Å²) in [6.45, 7) is 7.64. The molecule has 0 spiro atoms. The molecule has 14 nitrogen and oxygen atoms in total. The van der Waals surface area contributed by atoms with E-state index in [1.165, 1.54) is 25.3 Å². The highest BCUT2D eigenvalue weighted by Crippen LogP contribution is 2.55. The molecular weight excluding hydrogens is 737 g/mol. The van der Waals surface area contributed by atoms with Gasteiger partial charge in [-0.3, -0.25) is 14.5 Å². The number of aryl methyl sites for hydroxylation is 2. The maximum absolute atomic E-state index is 14.0. The Morgan fingerprint density at radius 1 is 0.810 bits per heavy atom. The van der Waals surface area contributed by atoms with Gasteiger partial charge < -0.3 is 34.9 Å². The van der Waals surface area contributed by atoms with Gasteiger partial charge in [0.05, 0.1) is 41.3 Å². The third kappa shape index (κ3) is 6.59. The molecule has 304 valence electrons. The van der Waals surface area contributed by atoms with E-state index in [4.69, 9.17) is 14.7 Å². The lowest BCUT2D eigenvalue weighted by atomic mass is 10.0. The normalized spacial score (nSPS) is 24.3. The number of likely N-dealkylation sites (N-methyl/N-ethyl adjacent to an activating group) is 1. The topological polar surface area (TPSA) is 177 Å². The molecule has 2 aliphatic carbocycles. The first kappa shape index (κ1) is 37.9. The van der Waals surface area contributed by atoms with E-state index < -0.39 is 24.3 Å². The van der Waals surface area contributed by atoms with E-state index >= 15 is 0 Å². The van der Waals surface area contributed by atoms with Gasteiger partial charge in [-0.1, -0.05) is 58.0 Å². The Morgan fingerprint density at radius 2 is 1.43 bits per heavy atom. The van der Waals surface area contributed by atoms with Crippen LogP contribution in [0.3, 0.4) is 0 Å². The Labute approximate surface area is 336 Å². The van der Waals surface area contributed by atoms with E-state index in [0.29, 0.717) is 11.8 Å². The SMILES string of the molecule is COC(=O)N[C@H](C(=O)N1[C@@H]2C[C@@H]2C[C@H]1c1nc2cc(CCc3ccc4c(ccc5nc([C@@H]6C[C@H]7C[C@H]7N6C(=O)[C@H](C(C)C)N(C)C(=O)O)[nH]c54)c3)ccc2[nH]1)C(C)C. The van der Waals surface area contributed by atoms with Crippen LogP contribution in [-0.4, -0.2) is 102 Å². The number of imidazole rings is 2. The maximum atomic E-state index is 14.0. The molecule has 2 aromatic heterocycles. The van der Waals surface area contributed by atoms with Crippen molar-refractivity contribution in [3.63, 3.8) is 0 Å². The molecule has 14 heteroatoms. The first-order valence-electron chi connectivity index (χ1n) is 20.7. The van der Waals surface area contributed by atoms with Crippen LogP contribution in [0.5, 0.6) is 0 Å². The lowest BCUT2D eigenvalue weighted by molar-refractivity contribution is -0.140. The minimum atomic E-state index is -1.11. The number of methoxy groups -OCH3 is 1. The van der Waals surface area contributed by atoms with Crippen molar-refractivity contribution in [3.05, 3.63) is 71.3 Å².